The van der Waals surface area contributed by atoms with Crippen molar-refractivity contribution < 1.29 is 22.3 Å². The number of pyridine rings is 1. The molecule has 3 aromatic rings. The van der Waals surface area contributed by atoms with Crippen molar-refractivity contribution in [1.82, 2.24) is 4.98 Å². The highest BCUT2D eigenvalue weighted by molar-refractivity contribution is 7.92. The van der Waals surface area contributed by atoms with Crippen LogP contribution in [0, 0.1) is 5.82 Å². The molecule has 0 bridgehead atoms. The van der Waals surface area contributed by atoms with Crippen molar-refractivity contribution in [2.24, 2.45) is 0 Å². The van der Waals surface area contributed by atoms with Crippen LogP contribution in [0.25, 0.3) is 0 Å². The summed E-state index contributed by atoms with van der Waals surface area (Å²) < 4.78 is 45.7. The van der Waals surface area contributed by atoms with E-state index in [1.54, 1.807) is 12.1 Å². The topological polar surface area (TPSA) is 88.6 Å². The van der Waals surface area contributed by atoms with Gasteiger partial charge in [0, 0.05) is 17.4 Å². The fraction of sp³-hybridized carbons (Fsp3) is 0.100. The molecule has 0 aliphatic rings. The van der Waals surface area contributed by atoms with Gasteiger partial charge in [0.15, 0.2) is 0 Å². The Hall–Kier alpha value is -3.17. The molecule has 0 saturated carbocycles. The monoisotopic (exact) mass is 449 g/mol. The van der Waals surface area contributed by atoms with Crippen LogP contribution >= 0.6 is 11.6 Å². The first-order valence-corrected chi connectivity index (χ1v) is 10.4. The van der Waals surface area contributed by atoms with Gasteiger partial charge in [0.05, 0.1) is 18.5 Å². The predicted molar refractivity (Wildman–Crippen MR) is 112 cm³/mol. The third-order valence-electron chi connectivity index (χ3n) is 4.06. The van der Waals surface area contributed by atoms with E-state index in [0.717, 1.165) is 16.4 Å². The number of halogens is 2. The highest BCUT2D eigenvalue weighted by Gasteiger charge is 2.27. The SMILES string of the molecule is COc1ccc(Cl)cc1NC(=O)CN(c1ccc(F)cc1)S(=O)(=O)c1cccnc1. The molecular weight excluding hydrogens is 433 g/mol. The molecule has 1 aromatic heterocycles. The zero-order valence-corrected chi connectivity index (χ0v) is 17.3. The number of ether oxygens (including phenoxy) is 1. The van der Waals surface area contributed by atoms with Crippen molar-refractivity contribution in [3.05, 3.63) is 77.8 Å². The predicted octanol–water partition coefficient (Wildman–Crippen LogP) is 3.72. The zero-order valence-electron chi connectivity index (χ0n) is 15.7. The molecule has 10 heteroatoms. The molecule has 1 N–H and O–H groups in total. The van der Waals surface area contributed by atoms with E-state index in [1.165, 1.54) is 49.8 Å². The number of anilines is 2. The van der Waals surface area contributed by atoms with Crippen LogP contribution in [-0.2, 0) is 14.8 Å². The minimum Gasteiger partial charge on any atom is -0.495 e. The molecule has 7 nitrogen and oxygen atoms in total. The maximum atomic E-state index is 13.4. The number of amides is 1. The number of nitrogens with zero attached hydrogens (tertiary/aromatic N) is 2. The molecule has 0 unspecified atom stereocenters. The Morgan fingerprint density at radius 2 is 1.93 bits per heavy atom. The van der Waals surface area contributed by atoms with E-state index in [9.17, 15) is 17.6 Å². The number of carbonyl (C=O) groups is 1. The lowest BCUT2D eigenvalue weighted by molar-refractivity contribution is -0.114. The van der Waals surface area contributed by atoms with Gasteiger partial charge in [-0.15, -0.1) is 0 Å². The van der Waals surface area contributed by atoms with E-state index in [0.29, 0.717) is 10.8 Å². The van der Waals surface area contributed by atoms with Gasteiger partial charge in [-0.05, 0) is 54.6 Å². The van der Waals surface area contributed by atoms with Gasteiger partial charge in [-0.25, -0.2) is 12.8 Å². The number of hydrogen-bond acceptors (Lipinski definition) is 5. The number of carbonyl (C=O) groups excluding carboxylic acids is 1. The normalized spacial score (nSPS) is 11.0. The fourth-order valence-electron chi connectivity index (χ4n) is 2.65. The van der Waals surface area contributed by atoms with E-state index in [-0.39, 0.29) is 16.3 Å². The first kappa shape index (κ1) is 21.5. The van der Waals surface area contributed by atoms with Crippen LogP contribution in [0.15, 0.2) is 71.9 Å². The van der Waals surface area contributed by atoms with E-state index in [1.807, 2.05) is 0 Å². The molecule has 30 heavy (non-hydrogen) atoms. The molecular formula is C20H17ClFN3O4S. The summed E-state index contributed by atoms with van der Waals surface area (Å²) in [6, 6.07) is 12.2. The Balaban J connectivity index is 1.94. The second-order valence-electron chi connectivity index (χ2n) is 6.07. The van der Waals surface area contributed by atoms with Crippen LogP contribution < -0.4 is 14.4 Å². The molecule has 0 aliphatic heterocycles. The number of rotatable bonds is 7. The van der Waals surface area contributed by atoms with Gasteiger partial charge in [-0.2, -0.15) is 0 Å². The maximum absolute atomic E-state index is 13.4. The lowest BCUT2D eigenvalue weighted by Crippen LogP contribution is -2.38. The molecule has 1 heterocycles. The Kier molecular flexibility index (Phi) is 6.53. The lowest BCUT2D eigenvalue weighted by Gasteiger charge is -2.24. The quantitative estimate of drug-likeness (QED) is 0.594. The molecule has 3 rings (SSSR count). The minimum absolute atomic E-state index is 0.109. The minimum atomic E-state index is -4.15. The highest BCUT2D eigenvalue weighted by atomic mass is 35.5. The summed E-state index contributed by atoms with van der Waals surface area (Å²) in [7, 11) is -2.72. The smallest absolute Gasteiger partial charge is 0.266 e. The van der Waals surface area contributed by atoms with Crippen LogP contribution in [0.3, 0.4) is 0 Å². The van der Waals surface area contributed by atoms with E-state index >= 15 is 0 Å². The van der Waals surface area contributed by atoms with E-state index in [2.05, 4.69) is 10.3 Å². The number of methoxy groups -OCH3 is 1. The highest BCUT2D eigenvalue weighted by Crippen LogP contribution is 2.28. The van der Waals surface area contributed by atoms with Gasteiger partial charge in [0.1, 0.15) is 23.0 Å². The van der Waals surface area contributed by atoms with Crippen molar-refractivity contribution in [3.63, 3.8) is 0 Å². The lowest BCUT2D eigenvalue weighted by atomic mass is 10.3. The average molecular weight is 450 g/mol. The Morgan fingerprint density at radius 1 is 1.20 bits per heavy atom. The third-order valence-corrected chi connectivity index (χ3v) is 6.05. The number of aromatic nitrogens is 1. The van der Waals surface area contributed by atoms with Gasteiger partial charge in [-0.3, -0.25) is 14.1 Å². The van der Waals surface area contributed by atoms with Crippen LogP contribution in [0.2, 0.25) is 5.02 Å². The molecule has 0 fully saturated rings. The zero-order chi connectivity index (χ0) is 21.7. The molecule has 156 valence electrons. The van der Waals surface area contributed by atoms with Crippen molar-refractivity contribution in [2.75, 3.05) is 23.3 Å². The van der Waals surface area contributed by atoms with Crippen molar-refractivity contribution >= 4 is 38.9 Å². The third kappa shape index (κ3) is 4.87. The number of sulfonamides is 1. The number of hydrogen-bond donors (Lipinski definition) is 1. The van der Waals surface area contributed by atoms with E-state index in [4.69, 9.17) is 16.3 Å². The summed E-state index contributed by atoms with van der Waals surface area (Å²) in [6.45, 7) is -0.571. The largest absolute Gasteiger partial charge is 0.495 e. The Morgan fingerprint density at radius 3 is 2.57 bits per heavy atom. The van der Waals surface area contributed by atoms with Crippen LogP contribution in [0.4, 0.5) is 15.8 Å². The van der Waals surface area contributed by atoms with Crippen LogP contribution in [-0.4, -0.2) is 33.0 Å². The maximum Gasteiger partial charge on any atom is 0.266 e. The van der Waals surface area contributed by atoms with Crippen LogP contribution in [0.1, 0.15) is 0 Å². The van der Waals surface area contributed by atoms with E-state index < -0.39 is 28.3 Å². The van der Waals surface area contributed by atoms with Crippen molar-refractivity contribution in [1.29, 1.82) is 0 Å². The first-order valence-electron chi connectivity index (χ1n) is 8.63. The molecule has 0 atom stereocenters. The van der Waals surface area contributed by atoms with Gasteiger partial charge < -0.3 is 10.1 Å². The Bertz CT molecular complexity index is 1140. The van der Waals surface area contributed by atoms with Gasteiger partial charge in [0.2, 0.25) is 5.91 Å². The summed E-state index contributed by atoms with van der Waals surface area (Å²) in [5.74, 6) is -0.825. The second-order valence-corrected chi connectivity index (χ2v) is 8.37. The van der Waals surface area contributed by atoms with Crippen LogP contribution in [0.5, 0.6) is 5.75 Å². The van der Waals surface area contributed by atoms with Crippen molar-refractivity contribution in [2.45, 2.75) is 4.90 Å². The summed E-state index contributed by atoms with van der Waals surface area (Å²) in [4.78, 5) is 16.4. The Labute approximate surface area is 178 Å². The van der Waals surface area contributed by atoms with Gasteiger partial charge in [0.25, 0.3) is 10.0 Å². The second kappa shape index (κ2) is 9.10. The van der Waals surface area contributed by atoms with Gasteiger partial charge >= 0.3 is 0 Å². The molecule has 0 saturated heterocycles. The standard InChI is InChI=1S/C20H17ClFN3O4S/c1-29-19-9-4-14(21)11-18(19)24-20(26)13-25(16-7-5-15(22)6-8-16)30(27,28)17-3-2-10-23-12-17/h2-12H,13H2,1H3,(H,24,26). The molecule has 1 amide bonds. The number of benzene rings is 2. The summed E-state index contributed by atoms with van der Waals surface area (Å²) in [6.07, 6.45) is 2.60. The summed E-state index contributed by atoms with van der Waals surface area (Å²) in [5, 5.41) is 2.96. The summed E-state index contributed by atoms with van der Waals surface area (Å²) >= 11 is 5.97. The number of nitrogens with one attached hydrogen (secondary N) is 1. The first-order chi connectivity index (χ1) is 14.3. The fourth-order valence-corrected chi connectivity index (χ4v) is 4.21. The average Bonchev–Trinajstić information content (AvgIpc) is 2.73. The van der Waals surface area contributed by atoms with Crippen molar-refractivity contribution in [3.8, 4) is 5.75 Å². The van der Waals surface area contributed by atoms with Gasteiger partial charge in [-0.1, -0.05) is 11.6 Å². The molecule has 0 spiro atoms. The summed E-state index contributed by atoms with van der Waals surface area (Å²) in [5.41, 5.74) is 0.404. The molecule has 0 aliphatic carbocycles. The molecule has 2 aromatic carbocycles. The molecule has 0 radical (unpaired) electrons.